The summed E-state index contributed by atoms with van der Waals surface area (Å²) in [7, 11) is 1.56. The SMILES string of the molecule is COCCNc1ccc(C(=O)Nc2cc(C(F)(F)F)ccc2Cl)nn1. The Labute approximate surface area is 146 Å². The molecule has 0 aliphatic carbocycles. The highest BCUT2D eigenvalue weighted by Gasteiger charge is 2.31. The number of nitrogens with one attached hydrogen (secondary N) is 2. The van der Waals surface area contributed by atoms with Crippen LogP contribution in [0, 0.1) is 0 Å². The number of nitrogens with zero attached hydrogens (tertiary/aromatic N) is 2. The van der Waals surface area contributed by atoms with Crippen molar-refractivity contribution < 1.29 is 22.7 Å². The number of anilines is 2. The van der Waals surface area contributed by atoms with Gasteiger partial charge in [0.2, 0.25) is 0 Å². The van der Waals surface area contributed by atoms with Crippen LogP contribution in [0.1, 0.15) is 16.1 Å². The zero-order chi connectivity index (χ0) is 18.4. The molecule has 134 valence electrons. The zero-order valence-corrected chi connectivity index (χ0v) is 13.8. The quantitative estimate of drug-likeness (QED) is 0.757. The summed E-state index contributed by atoms with van der Waals surface area (Å²) in [6, 6.07) is 5.56. The number of carbonyl (C=O) groups excluding carboxylic acids is 1. The minimum Gasteiger partial charge on any atom is -0.383 e. The van der Waals surface area contributed by atoms with E-state index in [2.05, 4.69) is 20.8 Å². The fourth-order valence-corrected chi connectivity index (χ4v) is 1.98. The lowest BCUT2D eigenvalue weighted by molar-refractivity contribution is -0.137. The van der Waals surface area contributed by atoms with Crippen molar-refractivity contribution in [1.29, 1.82) is 0 Å². The molecule has 0 spiro atoms. The van der Waals surface area contributed by atoms with E-state index >= 15 is 0 Å². The third-order valence-electron chi connectivity index (χ3n) is 3.05. The third-order valence-corrected chi connectivity index (χ3v) is 3.38. The lowest BCUT2D eigenvalue weighted by Gasteiger charge is -2.11. The van der Waals surface area contributed by atoms with Crippen LogP contribution in [0.5, 0.6) is 0 Å². The van der Waals surface area contributed by atoms with E-state index in [1.165, 1.54) is 12.1 Å². The average molecular weight is 375 g/mol. The predicted molar refractivity (Wildman–Crippen MR) is 86.8 cm³/mol. The largest absolute Gasteiger partial charge is 0.416 e. The Kier molecular flexibility index (Phi) is 6.16. The van der Waals surface area contributed by atoms with Gasteiger partial charge in [-0.05, 0) is 30.3 Å². The zero-order valence-electron chi connectivity index (χ0n) is 13.0. The summed E-state index contributed by atoms with van der Waals surface area (Å²) in [6.07, 6.45) is -4.54. The van der Waals surface area contributed by atoms with Gasteiger partial charge in [0.1, 0.15) is 5.82 Å². The molecule has 10 heteroatoms. The van der Waals surface area contributed by atoms with Gasteiger partial charge in [0, 0.05) is 13.7 Å². The summed E-state index contributed by atoms with van der Waals surface area (Å²) in [5, 5.41) is 12.7. The fraction of sp³-hybridized carbons (Fsp3) is 0.267. The molecule has 0 bridgehead atoms. The van der Waals surface area contributed by atoms with Crippen LogP contribution in [0.15, 0.2) is 30.3 Å². The lowest BCUT2D eigenvalue weighted by Crippen LogP contribution is -2.16. The molecular weight excluding hydrogens is 361 g/mol. The van der Waals surface area contributed by atoms with Gasteiger partial charge in [-0.25, -0.2) is 0 Å². The molecule has 6 nitrogen and oxygen atoms in total. The van der Waals surface area contributed by atoms with E-state index in [1.807, 2.05) is 0 Å². The fourth-order valence-electron chi connectivity index (χ4n) is 1.81. The molecule has 2 aromatic rings. The van der Waals surface area contributed by atoms with Crippen molar-refractivity contribution in [2.24, 2.45) is 0 Å². The molecule has 0 atom stereocenters. The summed E-state index contributed by atoms with van der Waals surface area (Å²) < 4.78 is 43.1. The van der Waals surface area contributed by atoms with Crippen LogP contribution in [0.2, 0.25) is 5.02 Å². The second kappa shape index (κ2) is 8.13. The van der Waals surface area contributed by atoms with Gasteiger partial charge in [0.05, 0.1) is 22.9 Å². The molecule has 0 saturated heterocycles. The number of hydrogen-bond donors (Lipinski definition) is 2. The smallest absolute Gasteiger partial charge is 0.383 e. The van der Waals surface area contributed by atoms with Crippen LogP contribution in [0.3, 0.4) is 0 Å². The number of halogens is 4. The van der Waals surface area contributed by atoms with Gasteiger partial charge in [0.15, 0.2) is 5.69 Å². The maximum Gasteiger partial charge on any atom is 0.416 e. The van der Waals surface area contributed by atoms with Crippen molar-refractivity contribution in [2.45, 2.75) is 6.18 Å². The van der Waals surface area contributed by atoms with Crippen molar-refractivity contribution in [2.75, 3.05) is 30.9 Å². The van der Waals surface area contributed by atoms with E-state index in [9.17, 15) is 18.0 Å². The molecule has 0 radical (unpaired) electrons. The average Bonchev–Trinajstić information content (AvgIpc) is 2.56. The number of benzene rings is 1. The monoisotopic (exact) mass is 374 g/mol. The Bertz CT molecular complexity index is 739. The summed E-state index contributed by atoms with van der Waals surface area (Å²) in [5.41, 5.74) is -1.15. The Hall–Kier alpha value is -2.39. The topological polar surface area (TPSA) is 76.1 Å². The highest BCUT2D eigenvalue weighted by Crippen LogP contribution is 2.33. The van der Waals surface area contributed by atoms with Crippen LogP contribution in [0.4, 0.5) is 24.7 Å². The lowest BCUT2D eigenvalue weighted by atomic mass is 10.2. The summed E-state index contributed by atoms with van der Waals surface area (Å²) in [6.45, 7) is 0.981. The molecule has 0 saturated carbocycles. The Morgan fingerprint density at radius 1 is 1.24 bits per heavy atom. The van der Waals surface area contributed by atoms with E-state index in [0.29, 0.717) is 19.0 Å². The van der Waals surface area contributed by atoms with Crippen LogP contribution >= 0.6 is 11.6 Å². The molecular formula is C15H14ClF3N4O2. The van der Waals surface area contributed by atoms with Crippen LogP contribution in [-0.4, -0.2) is 36.4 Å². The summed E-state index contributed by atoms with van der Waals surface area (Å²) >= 11 is 5.83. The minimum absolute atomic E-state index is 0.0211. The number of rotatable bonds is 6. The molecule has 1 aromatic carbocycles. The molecule has 1 heterocycles. The maximum atomic E-state index is 12.7. The number of carbonyl (C=O) groups is 1. The second-order valence-electron chi connectivity index (χ2n) is 4.87. The van der Waals surface area contributed by atoms with E-state index in [0.717, 1.165) is 18.2 Å². The van der Waals surface area contributed by atoms with Gasteiger partial charge < -0.3 is 15.4 Å². The molecule has 0 fully saturated rings. The van der Waals surface area contributed by atoms with Crippen LogP contribution in [-0.2, 0) is 10.9 Å². The van der Waals surface area contributed by atoms with Gasteiger partial charge in [-0.2, -0.15) is 13.2 Å². The highest BCUT2D eigenvalue weighted by molar-refractivity contribution is 6.33. The Morgan fingerprint density at radius 3 is 2.60 bits per heavy atom. The number of ether oxygens (including phenoxy) is 1. The normalized spacial score (nSPS) is 11.2. The van der Waals surface area contributed by atoms with Gasteiger partial charge in [0.25, 0.3) is 5.91 Å². The Balaban J connectivity index is 2.09. The first kappa shape index (κ1) is 18.9. The first-order valence-corrected chi connectivity index (χ1v) is 7.43. The molecule has 0 unspecified atom stereocenters. The number of methoxy groups -OCH3 is 1. The van der Waals surface area contributed by atoms with Crippen molar-refractivity contribution >= 4 is 29.0 Å². The summed E-state index contributed by atoms with van der Waals surface area (Å²) in [5.74, 6) is -0.289. The van der Waals surface area contributed by atoms with Crippen LogP contribution < -0.4 is 10.6 Å². The van der Waals surface area contributed by atoms with E-state index in [1.54, 1.807) is 7.11 Å². The molecule has 0 aliphatic heterocycles. The van der Waals surface area contributed by atoms with Crippen molar-refractivity contribution in [3.8, 4) is 0 Å². The molecule has 1 amide bonds. The van der Waals surface area contributed by atoms with Gasteiger partial charge in [-0.3, -0.25) is 4.79 Å². The Morgan fingerprint density at radius 2 is 2.00 bits per heavy atom. The molecule has 0 aliphatic rings. The molecule has 2 rings (SSSR count). The van der Waals surface area contributed by atoms with E-state index in [4.69, 9.17) is 16.3 Å². The summed E-state index contributed by atoms with van der Waals surface area (Å²) in [4.78, 5) is 12.1. The number of amides is 1. The first-order valence-electron chi connectivity index (χ1n) is 7.06. The highest BCUT2D eigenvalue weighted by atomic mass is 35.5. The maximum absolute atomic E-state index is 12.7. The van der Waals surface area contributed by atoms with Gasteiger partial charge >= 0.3 is 6.18 Å². The number of hydrogen-bond acceptors (Lipinski definition) is 5. The van der Waals surface area contributed by atoms with Gasteiger partial charge in [-0.15, -0.1) is 10.2 Å². The standard InChI is InChI=1S/C15H14ClF3N4O2/c1-25-7-6-20-13-5-4-11(22-23-13)14(24)21-12-8-9(15(17,18)19)2-3-10(12)16/h2-5,8H,6-7H2,1H3,(H,20,23)(H,21,24). The number of alkyl halides is 3. The van der Waals surface area contributed by atoms with Crippen molar-refractivity contribution in [1.82, 2.24) is 10.2 Å². The molecule has 1 aromatic heterocycles. The van der Waals surface area contributed by atoms with Crippen LogP contribution in [0.25, 0.3) is 0 Å². The number of aromatic nitrogens is 2. The van der Waals surface area contributed by atoms with Crippen molar-refractivity contribution in [3.63, 3.8) is 0 Å². The minimum atomic E-state index is -4.54. The van der Waals surface area contributed by atoms with E-state index < -0.39 is 17.6 Å². The second-order valence-corrected chi connectivity index (χ2v) is 5.28. The van der Waals surface area contributed by atoms with E-state index in [-0.39, 0.29) is 16.4 Å². The predicted octanol–water partition coefficient (Wildman–Crippen LogP) is 3.46. The van der Waals surface area contributed by atoms with Crippen molar-refractivity contribution in [3.05, 3.63) is 46.6 Å². The first-order chi connectivity index (χ1) is 11.8. The third kappa shape index (κ3) is 5.30. The molecule has 25 heavy (non-hydrogen) atoms. The van der Waals surface area contributed by atoms with Gasteiger partial charge in [-0.1, -0.05) is 11.6 Å². The molecule has 2 N–H and O–H groups in total.